The van der Waals surface area contributed by atoms with Gasteiger partial charge < -0.3 is 20.4 Å². The molecule has 32 heavy (non-hydrogen) atoms. The number of carbonyl (C=O) groups is 2. The molecule has 2 aromatic carbocycles. The number of nitrogens with zero attached hydrogens (tertiary/aromatic N) is 2. The van der Waals surface area contributed by atoms with Crippen LogP contribution in [0.2, 0.25) is 5.02 Å². The first-order chi connectivity index (χ1) is 15.2. The summed E-state index contributed by atoms with van der Waals surface area (Å²) in [6.07, 6.45) is 0.0602. The van der Waals surface area contributed by atoms with E-state index in [9.17, 15) is 14.0 Å². The molecule has 1 aliphatic heterocycles. The van der Waals surface area contributed by atoms with E-state index in [0.717, 1.165) is 43.0 Å². The molecule has 2 aromatic rings. The van der Waals surface area contributed by atoms with Crippen molar-refractivity contribution in [3.8, 4) is 0 Å². The summed E-state index contributed by atoms with van der Waals surface area (Å²) in [6.45, 7) is 6.81. The van der Waals surface area contributed by atoms with Crippen molar-refractivity contribution in [2.75, 3.05) is 38.1 Å². The van der Waals surface area contributed by atoms with Crippen LogP contribution in [0, 0.1) is 5.82 Å². The third-order valence-corrected chi connectivity index (χ3v) is 5.97. The topological polar surface area (TPSA) is 64.7 Å². The number of hydrogen-bond donors (Lipinski definition) is 2. The standard InChI is InChI=1S/C24H30ClFN4O2/c1-16(21-14-20(26)8-9-23(21)30-12-10-29(3)11-13-30)27-24(32)15-22(28-17(2)31)18-4-6-19(25)7-5-18/h4-9,14,16,22H,10-13,15H2,1-3H3,(H,27,32)(H,28,31). The predicted octanol–water partition coefficient (Wildman–Crippen LogP) is 3.68. The molecule has 6 nitrogen and oxygen atoms in total. The molecule has 8 heteroatoms. The van der Waals surface area contributed by atoms with Crippen molar-refractivity contribution < 1.29 is 14.0 Å². The van der Waals surface area contributed by atoms with Crippen molar-refractivity contribution in [1.82, 2.24) is 15.5 Å². The van der Waals surface area contributed by atoms with E-state index in [2.05, 4.69) is 27.5 Å². The Bertz CT molecular complexity index is 946. The van der Waals surface area contributed by atoms with Gasteiger partial charge in [0.15, 0.2) is 0 Å². The molecular formula is C24H30ClFN4O2. The lowest BCUT2D eigenvalue weighted by Gasteiger charge is -2.36. The Morgan fingerprint density at radius 1 is 1.06 bits per heavy atom. The fraction of sp³-hybridized carbons (Fsp3) is 0.417. The molecule has 2 atom stereocenters. The zero-order chi connectivity index (χ0) is 23.3. The smallest absolute Gasteiger partial charge is 0.222 e. The maximum absolute atomic E-state index is 14.1. The average Bonchev–Trinajstić information content (AvgIpc) is 2.74. The van der Waals surface area contributed by atoms with Gasteiger partial charge in [0.2, 0.25) is 11.8 Å². The highest BCUT2D eigenvalue weighted by Gasteiger charge is 2.23. The molecule has 1 aliphatic rings. The van der Waals surface area contributed by atoms with Crippen LogP contribution >= 0.6 is 11.6 Å². The molecule has 3 rings (SSSR count). The van der Waals surface area contributed by atoms with E-state index >= 15 is 0 Å². The van der Waals surface area contributed by atoms with Crippen LogP contribution in [0.4, 0.5) is 10.1 Å². The Morgan fingerprint density at radius 3 is 2.34 bits per heavy atom. The predicted molar refractivity (Wildman–Crippen MR) is 125 cm³/mol. The summed E-state index contributed by atoms with van der Waals surface area (Å²) in [5.41, 5.74) is 2.46. The average molecular weight is 461 g/mol. The van der Waals surface area contributed by atoms with Gasteiger partial charge in [-0.1, -0.05) is 23.7 Å². The highest BCUT2D eigenvalue weighted by atomic mass is 35.5. The first kappa shape index (κ1) is 24.0. The number of nitrogens with one attached hydrogen (secondary N) is 2. The highest BCUT2D eigenvalue weighted by Crippen LogP contribution is 2.29. The number of anilines is 1. The van der Waals surface area contributed by atoms with E-state index < -0.39 is 12.1 Å². The fourth-order valence-corrected chi connectivity index (χ4v) is 4.09. The molecular weight excluding hydrogens is 431 g/mol. The number of benzene rings is 2. The third-order valence-electron chi connectivity index (χ3n) is 5.72. The summed E-state index contributed by atoms with van der Waals surface area (Å²) in [5.74, 6) is -0.802. The van der Waals surface area contributed by atoms with Crippen molar-refractivity contribution >= 4 is 29.1 Å². The second-order valence-electron chi connectivity index (χ2n) is 8.29. The summed E-state index contributed by atoms with van der Waals surface area (Å²) in [5, 5.41) is 6.38. The monoisotopic (exact) mass is 460 g/mol. The molecule has 1 heterocycles. The van der Waals surface area contributed by atoms with Crippen molar-refractivity contribution in [2.45, 2.75) is 32.4 Å². The summed E-state index contributed by atoms with van der Waals surface area (Å²) in [7, 11) is 2.08. The number of halogens is 2. The number of hydrogen-bond acceptors (Lipinski definition) is 4. The van der Waals surface area contributed by atoms with Gasteiger partial charge in [-0.3, -0.25) is 9.59 Å². The molecule has 0 radical (unpaired) electrons. The molecule has 0 spiro atoms. The van der Waals surface area contributed by atoms with E-state index in [1.54, 1.807) is 30.3 Å². The van der Waals surface area contributed by atoms with Gasteiger partial charge in [-0.15, -0.1) is 0 Å². The Labute approximate surface area is 193 Å². The normalized spacial score (nSPS) is 16.3. The third kappa shape index (κ3) is 6.43. The first-order valence-electron chi connectivity index (χ1n) is 10.8. The molecule has 0 aliphatic carbocycles. The molecule has 2 N–H and O–H groups in total. The minimum absolute atomic E-state index is 0.0602. The Hall–Kier alpha value is -2.64. The van der Waals surface area contributed by atoms with Gasteiger partial charge in [-0.05, 0) is 49.9 Å². The van der Waals surface area contributed by atoms with E-state index in [-0.39, 0.29) is 24.1 Å². The first-order valence-corrected chi connectivity index (χ1v) is 11.2. The van der Waals surface area contributed by atoms with Gasteiger partial charge in [-0.2, -0.15) is 0 Å². The molecule has 1 fully saturated rings. The van der Waals surface area contributed by atoms with Crippen molar-refractivity contribution in [1.29, 1.82) is 0 Å². The van der Waals surface area contributed by atoms with E-state index in [0.29, 0.717) is 5.02 Å². The maximum Gasteiger partial charge on any atom is 0.222 e. The van der Waals surface area contributed by atoms with E-state index in [4.69, 9.17) is 11.6 Å². The highest BCUT2D eigenvalue weighted by molar-refractivity contribution is 6.30. The van der Waals surface area contributed by atoms with E-state index in [1.165, 1.54) is 19.1 Å². The van der Waals surface area contributed by atoms with Gasteiger partial charge in [0.05, 0.1) is 18.5 Å². The summed E-state index contributed by atoms with van der Waals surface area (Å²) >= 11 is 5.96. The van der Waals surface area contributed by atoms with Crippen LogP contribution in [-0.2, 0) is 9.59 Å². The van der Waals surface area contributed by atoms with Crippen LogP contribution in [-0.4, -0.2) is 49.9 Å². The van der Waals surface area contributed by atoms with Crippen LogP contribution in [0.25, 0.3) is 0 Å². The zero-order valence-corrected chi connectivity index (χ0v) is 19.5. The Morgan fingerprint density at radius 2 is 1.72 bits per heavy atom. The SMILES string of the molecule is CC(=O)NC(CC(=O)NC(C)c1cc(F)ccc1N1CCN(C)CC1)c1ccc(Cl)cc1. The molecule has 2 unspecified atom stereocenters. The number of piperazine rings is 1. The Kier molecular flexibility index (Phi) is 8.10. The van der Waals surface area contributed by atoms with Crippen LogP contribution in [0.1, 0.15) is 43.5 Å². The minimum atomic E-state index is -0.485. The van der Waals surface area contributed by atoms with Gasteiger partial charge in [0.25, 0.3) is 0 Å². The Balaban J connectivity index is 1.73. The van der Waals surface area contributed by atoms with Gasteiger partial charge >= 0.3 is 0 Å². The second kappa shape index (κ2) is 10.8. The number of rotatable bonds is 7. The molecule has 172 valence electrons. The van der Waals surface area contributed by atoms with Crippen molar-refractivity contribution in [3.63, 3.8) is 0 Å². The quantitative estimate of drug-likeness (QED) is 0.661. The van der Waals surface area contributed by atoms with Crippen molar-refractivity contribution in [3.05, 3.63) is 64.4 Å². The molecule has 0 bridgehead atoms. The number of likely N-dealkylation sites (N-methyl/N-ethyl adjacent to an activating group) is 1. The second-order valence-corrected chi connectivity index (χ2v) is 8.73. The van der Waals surface area contributed by atoms with Gasteiger partial charge in [0.1, 0.15) is 5.82 Å². The fourth-order valence-electron chi connectivity index (χ4n) is 3.96. The summed E-state index contributed by atoms with van der Waals surface area (Å²) < 4.78 is 14.1. The maximum atomic E-state index is 14.1. The summed E-state index contributed by atoms with van der Waals surface area (Å²) in [4.78, 5) is 29.0. The molecule has 2 amide bonds. The molecule has 0 aromatic heterocycles. The van der Waals surface area contributed by atoms with Crippen LogP contribution < -0.4 is 15.5 Å². The van der Waals surface area contributed by atoms with Crippen LogP contribution in [0.3, 0.4) is 0 Å². The van der Waals surface area contributed by atoms with E-state index in [1.807, 2.05) is 6.92 Å². The minimum Gasteiger partial charge on any atom is -0.369 e. The van der Waals surface area contributed by atoms with Gasteiger partial charge in [0, 0.05) is 49.4 Å². The molecule has 1 saturated heterocycles. The number of amides is 2. The number of carbonyl (C=O) groups excluding carboxylic acids is 2. The largest absolute Gasteiger partial charge is 0.369 e. The lowest BCUT2D eigenvalue weighted by molar-refractivity contribution is -0.123. The zero-order valence-electron chi connectivity index (χ0n) is 18.7. The van der Waals surface area contributed by atoms with Gasteiger partial charge in [-0.25, -0.2) is 4.39 Å². The van der Waals surface area contributed by atoms with Crippen molar-refractivity contribution in [2.24, 2.45) is 0 Å². The molecule has 0 saturated carbocycles. The van der Waals surface area contributed by atoms with Crippen LogP contribution in [0.5, 0.6) is 0 Å². The lowest BCUT2D eigenvalue weighted by Crippen LogP contribution is -2.45. The summed E-state index contributed by atoms with van der Waals surface area (Å²) in [6, 6.07) is 10.9. The van der Waals surface area contributed by atoms with Crippen LogP contribution in [0.15, 0.2) is 42.5 Å². The lowest BCUT2D eigenvalue weighted by atomic mass is 10.0.